The Morgan fingerprint density at radius 3 is 2.80 bits per heavy atom. The molecule has 0 rings (SSSR count). The first-order valence-corrected chi connectivity index (χ1v) is 4.00. The van der Waals surface area contributed by atoms with E-state index < -0.39 is 0 Å². The third-order valence-corrected chi connectivity index (χ3v) is 2.23. The highest BCUT2D eigenvalue weighted by molar-refractivity contribution is 14.1. The lowest BCUT2D eigenvalue weighted by Gasteiger charge is -2.06. The molecule has 0 unspecified atom stereocenters. The van der Waals surface area contributed by atoms with Crippen molar-refractivity contribution in [2.75, 3.05) is 6.61 Å². The van der Waals surface area contributed by atoms with Crippen molar-refractivity contribution in [2.24, 2.45) is 16.9 Å². The molecule has 0 spiro atoms. The molecule has 58 valence electrons. The number of rotatable bonds is 4. The lowest BCUT2D eigenvalue weighted by Crippen LogP contribution is -2.08. The van der Waals surface area contributed by atoms with Gasteiger partial charge >= 0.3 is 0 Å². The zero-order chi connectivity index (χ0) is 7.98. The van der Waals surface area contributed by atoms with Gasteiger partial charge in [0.05, 0.1) is 0 Å². The number of hydrogen-bond donors (Lipinski definition) is 2. The van der Waals surface area contributed by atoms with Crippen molar-refractivity contribution in [3.8, 4) is 0 Å². The van der Waals surface area contributed by atoms with Crippen molar-refractivity contribution in [3.63, 3.8) is 0 Å². The van der Waals surface area contributed by atoms with Gasteiger partial charge in [0, 0.05) is 12.5 Å². The number of aliphatic hydroxyl groups excluding tert-OH is 1. The summed E-state index contributed by atoms with van der Waals surface area (Å²) in [4.78, 5) is 0. The van der Waals surface area contributed by atoms with E-state index in [0.29, 0.717) is 6.42 Å². The molecule has 10 heavy (non-hydrogen) atoms. The SMILES string of the molecule is C=C[C@@H](CCO)/C(I)=N\N. The molecule has 4 heteroatoms. The van der Waals surface area contributed by atoms with E-state index in [1.165, 1.54) is 0 Å². The first kappa shape index (κ1) is 9.90. The van der Waals surface area contributed by atoms with Crippen LogP contribution in [0.5, 0.6) is 0 Å². The maximum absolute atomic E-state index is 8.57. The van der Waals surface area contributed by atoms with Crippen LogP contribution in [0.4, 0.5) is 0 Å². The summed E-state index contributed by atoms with van der Waals surface area (Å²) in [6.45, 7) is 3.73. The lowest BCUT2D eigenvalue weighted by atomic mass is 10.1. The van der Waals surface area contributed by atoms with E-state index in [1.807, 2.05) is 22.6 Å². The van der Waals surface area contributed by atoms with Gasteiger partial charge in [-0.3, -0.25) is 0 Å². The lowest BCUT2D eigenvalue weighted by molar-refractivity contribution is 0.282. The molecule has 3 N–H and O–H groups in total. The highest BCUT2D eigenvalue weighted by Gasteiger charge is 2.07. The zero-order valence-corrected chi connectivity index (χ0v) is 7.78. The van der Waals surface area contributed by atoms with Crippen LogP contribution in [0.1, 0.15) is 6.42 Å². The number of hydrogen-bond acceptors (Lipinski definition) is 3. The summed E-state index contributed by atoms with van der Waals surface area (Å²) < 4.78 is 0.779. The summed E-state index contributed by atoms with van der Waals surface area (Å²) in [7, 11) is 0. The third-order valence-electron chi connectivity index (χ3n) is 1.15. The minimum absolute atomic E-state index is 0.107. The Hall–Kier alpha value is -0.100. The second-order valence-electron chi connectivity index (χ2n) is 1.81. The predicted molar refractivity (Wildman–Crippen MR) is 51.0 cm³/mol. The van der Waals surface area contributed by atoms with Crippen LogP contribution < -0.4 is 5.84 Å². The Morgan fingerprint density at radius 2 is 2.50 bits per heavy atom. The second-order valence-corrected chi connectivity index (χ2v) is 2.91. The molecule has 0 aromatic rings. The van der Waals surface area contributed by atoms with Crippen LogP contribution in [0.2, 0.25) is 0 Å². The van der Waals surface area contributed by atoms with E-state index in [2.05, 4.69) is 11.7 Å². The van der Waals surface area contributed by atoms with Crippen LogP contribution in [-0.4, -0.2) is 15.4 Å². The fraction of sp³-hybridized carbons (Fsp3) is 0.500. The normalized spacial score (nSPS) is 14.8. The molecule has 0 amide bonds. The molecule has 0 heterocycles. The molecule has 0 fully saturated rings. The number of nitrogens with zero attached hydrogens (tertiary/aromatic N) is 1. The average Bonchev–Trinajstić information content (AvgIpc) is 1.99. The second kappa shape index (κ2) is 5.67. The van der Waals surface area contributed by atoms with E-state index >= 15 is 0 Å². The maximum atomic E-state index is 8.57. The molecule has 3 nitrogen and oxygen atoms in total. The summed E-state index contributed by atoms with van der Waals surface area (Å²) in [6, 6.07) is 0. The smallest absolute Gasteiger partial charge is 0.105 e. The van der Waals surface area contributed by atoms with Gasteiger partial charge in [0.2, 0.25) is 0 Å². The van der Waals surface area contributed by atoms with Crippen molar-refractivity contribution >= 4 is 26.3 Å². The quantitative estimate of drug-likeness (QED) is 0.257. The predicted octanol–water partition coefficient (Wildman–Crippen LogP) is 0.878. The highest BCUT2D eigenvalue weighted by Crippen LogP contribution is 2.10. The number of nitrogens with two attached hydrogens (primary N) is 1. The molecule has 0 aliphatic carbocycles. The number of aliphatic hydroxyl groups is 1. The molecule has 1 atom stereocenters. The summed E-state index contributed by atoms with van der Waals surface area (Å²) in [5, 5.41) is 12.1. The van der Waals surface area contributed by atoms with Crippen molar-refractivity contribution in [3.05, 3.63) is 12.7 Å². The van der Waals surface area contributed by atoms with Gasteiger partial charge in [-0.2, -0.15) is 5.10 Å². The topological polar surface area (TPSA) is 58.6 Å². The van der Waals surface area contributed by atoms with E-state index in [-0.39, 0.29) is 12.5 Å². The molecule has 0 aliphatic heterocycles. The molecular formula is C6H11IN2O. The summed E-state index contributed by atoms with van der Waals surface area (Å²) in [5.74, 6) is 5.14. The molecule has 0 saturated carbocycles. The monoisotopic (exact) mass is 254 g/mol. The van der Waals surface area contributed by atoms with E-state index in [4.69, 9.17) is 10.9 Å². The van der Waals surface area contributed by atoms with Gasteiger partial charge in [0.25, 0.3) is 0 Å². The van der Waals surface area contributed by atoms with Crippen molar-refractivity contribution in [2.45, 2.75) is 6.42 Å². The van der Waals surface area contributed by atoms with Crippen LogP contribution in [0.25, 0.3) is 0 Å². The van der Waals surface area contributed by atoms with Gasteiger partial charge in [-0.1, -0.05) is 6.08 Å². The number of halogens is 1. The zero-order valence-electron chi connectivity index (χ0n) is 5.63. The maximum Gasteiger partial charge on any atom is 0.105 e. The van der Waals surface area contributed by atoms with Gasteiger partial charge < -0.3 is 10.9 Å². The van der Waals surface area contributed by atoms with Crippen LogP contribution in [-0.2, 0) is 0 Å². The molecule has 0 bridgehead atoms. The molecular weight excluding hydrogens is 243 g/mol. The van der Waals surface area contributed by atoms with Crippen LogP contribution in [0.3, 0.4) is 0 Å². The largest absolute Gasteiger partial charge is 0.396 e. The van der Waals surface area contributed by atoms with Gasteiger partial charge in [0.1, 0.15) is 3.72 Å². The average molecular weight is 254 g/mol. The van der Waals surface area contributed by atoms with Crippen LogP contribution >= 0.6 is 22.6 Å². The summed E-state index contributed by atoms with van der Waals surface area (Å²) in [5.41, 5.74) is 0. The third kappa shape index (κ3) is 3.17. The van der Waals surface area contributed by atoms with Gasteiger partial charge in [0.15, 0.2) is 0 Å². The molecule has 0 saturated heterocycles. The van der Waals surface area contributed by atoms with Gasteiger partial charge in [-0.25, -0.2) is 0 Å². The first-order valence-electron chi connectivity index (χ1n) is 2.93. The standard InChI is InChI=1S/C6H11IN2O/c1-2-5(3-4-10)6(7)9-8/h2,5,10H,1,3-4,8H2/b9-6+/t5-/m0/s1. The molecule has 0 aromatic heterocycles. The van der Waals surface area contributed by atoms with E-state index in [1.54, 1.807) is 6.08 Å². The van der Waals surface area contributed by atoms with Gasteiger partial charge in [-0.05, 0) is 29.0 Å². The van der Waals surface area contributed by atoms with Gasteiger partial charge in [-0.15, -0.1) is 6.58 Å². The van der Waals surface area contributed by atoms with E-state index in [9.17, 15) is 0 Å². The number of hydrazone groups is 1. The van der Waals surface area contributed by atoms with Crippen molar-refractivity contribution < 1.29 is 5.11 Å². The summed E-state index contributed by atoms with van der Waals surface area (Å²) in [6.07, 6.45) is 2.37. The molecule has 0 aromatic carbocycles. The highest BCUT2D eigenvalue weighted by atomic mass is 127. The fourth-order valence-corrected chi connectivity index (χ4v) is 1.13. The molecule has 0 radical (unpaired) electrons. The summed E-state index contributed by atoms with van der Waals surface area (Å²) >= 11 is 2.03. The molecule has 0 aliphatic rings. The Bertz CT molecular complexity index is 136. The van der Waals surface area contributed by atoms with Crippen LogP contribution in [0, 0.1) is 5.92 Å². The van der Waals surface area contributed by atoms with Crippen molar-refractivity contribution in [1.82, 2.24) is 0 Å². The number of allylic oxidation sites excluding steroid dienone is 1. The first-order chi connectivity index (χ1) is 4.76. The van der Waals surface area contributed by atoms with Crippen molar-refractivity contribution in [1.29, 1.82) is 0 Å². The minimum Gasteiger partial charge on any atom is -0.396 e. The Kier molecular flexibility index (Phi) is 5.61. The minimum atomic E-state index is 0.107. The van der Waals surface area contributed by atoms with Crippen LogP contribution in [0.15, 0.2) is 17.8 Å². The Balaban J connectivity index is 3.93. The Morgan fingerprint density at radius 1 is 1.90 bits per heavy atom. The Labute approximate surface area is 74.1 Å². The van der Waals surface area contributed by atoms with E-state index in [0.717, 1.165) is 3.72 Å². The fourth-order valence-electron chi connectivity index (χ4n) is 0.569.